The Hall–Kier alpha value is -2.21. The number of hydrogen-bond acceptors (Lipinski definition) is 4. The lowest BCUT2D eigenvalue weighted by molar-refractivity contribution is -0.144. The molecule has 0 radical (unpaired) electrons. The van der Waals surface area contributed by atoms with Crippen LogP contribution in [0.5, 0.6) is 0 Å². The van der Waals surface area contributed by atoms with Crippen molar-refractivity contribution in [1.82, 2.24) is 9.80 Å². The summed E-state index contributed by atoms with van der Waals surface area (Å²) >= 11 is 0. The number of benzene rings is 2. The number of carbonyl (C=O) groups is 1. The number of likely N-dealkylation sites (tertiary alicyclic amines) is 2. The monoisotopic (exact) mass is 504 g/mol. The van der Waals surface area contributed by atoms with Crippen molar-refractivity contribution < 1.29 is 15.0 Å². The van der Waals surface area contributed by atoms with E-state index in [2.05, 4.69) is 64.4 Å². The fourth-order valence-corrected chi connectivity index (χ4v) is 6.92. The Morgan fingerprint density at radius 3 is 2.22 bits per heavy atom. The maximum absolute atomic E-state index is 12.3. The average molecular weight is 505 g/mol. The number of piperidine rings is 1. The predicted molar refractivity (Wildman–Crippen MR) is 148 cm³/mol. The minimum atomic E-state index is -0.648. The van der Waals surface area contributed by atoms with E-state index in [9.17, 15) is 15.0 Å². The molecule has 2 aromatic carbocycles. The molecule has 2 heterocycles. The summed E-state index contributed by atoms with van der Waals surface area (Å²) in [4.78, 5) is 17.1. The highest BCUT2D eigenvalue weighted by atomic mass is 16.4. The van der Waals surface area contributed by atoms with Gasteiger partial charge in [0, 0.05) is 25.6 Å². The molecule has 1 saturated carbocycles. The molecule has 2 saturated heterocycles. The van der Waals surface area contributed by atoms with Crippen LogP contribution in [-0.2, 0) is 11.2 Å². The zero-order chi connectivity index (χ0) is 25.6. The first kappa shape index (κ1) is 26.4. The van der Waals surface area contributed by atoms with Crippen LogP contribution < -0.4 is 0 Å². The lowest BCUT2D eigenvalue weighted by Crippen LogP contribution is -2.43. The van der Waals surface area contributed by atoms with Crippen LogP contribution in [-0.4, -0.2) is 70.9 Å². The largest absolute Gasteiger partial charge is 0.480 e. The van der Waals surface area contributed by atoms with Crippen molar-refractivity contribution in [2.75, 3.05) is 32.7 Å². The zero-order valence-corrected chi connectivity index (χ0v) is 22.1. The highest BCUT2D eigenvalue weighted by Gasteiger charge is 2.41. The predicted octanol–water partition coefficient (Wildman–Crippen LogP) is 5.05. The maximum Gasteiger partial charge on any atom is 0.320 e. The van der Waals surface area contributed by atoms with Gasteiger partial charge in [-0.3, -0.25) is 9.69 Å². The summed E-state index contributed by atoms with van der Waals surface area (Å²) < 4.78 is 0. The minimum Gasteiger partial charge on any atom is -0.480 e. The number of rotatable bonds is 11. The molecule has 5 heteroatoms. The molecule has 4 atom stereocenters. The molecule has 0 bridgehead atoms. The van der Waals surface area contributed by atoms with Gasteiger partial charge in [-0.05, 0) is 74.1 Å². The topological polar surface area (TPSA) is 64.0 Å². The van der Waals surface area contributed by atoms with E-state index in [1.54, 1.807) is 0 Å². The van der Waals surface area contributed by atoms with Gasteiger partial charge in [0.15, 0.2) is 0 Å². The lowest BCUT2D eigenvalue weighted by Gasteiger charge is -2.36. The highest BCUT2D eigenvalue weighted by molar-refractivity contribution is 5.73. The van der Waals surface area contributed by atoms with E-state index in [0.29, 0.717) is 23.7 Å². The van der Waals surface area contributed by atoms with E-state index < -0.39 is 5.97 Å². The maximum atomic E-state index is 12.3. The summed E-state index contributed by atoms with van der Waals surface area (Å²) in [6.07, 6.45) is 8.06. The Labute approximate surface area is 222 Å². The molecule has 37 heavy (non-hydrogen) atoms. The summed E-state index contributed by atoms with van der Waals surface area (Å²) in [5, 5.41) is 20.9. The molecule has 0 amide bonds. The molecule has 5 rings (SSSR count). The summed E-state index contributed by atoms with van der Waals surface area (Å²) in [5.74, 6) is 1.12. The van der Waals surface area contributed by atoms with E-state index in [1.807, 2.05) is 6.07 Å². The number of aliphatic hydroxyl groups is 1. The minimum absolute atomic E-state index is 0.232. The van der Waals surface area contributed by atoms with Crippen LogP contribution in [0, 0.1) is 17.8 Å². The van der Waals surface area contributed by atoms with Crippen molar-refractivity contribution in [2.24, 2.45) is 17.8 Å². The van der Waals surface area contributed by atoms with Crippen molar-refractivity contribution in [2.45, 2.75) is 69.4 Å². The molecule has 3 aliphatic rings. The van der Waals surface area contributed by atoms with Gasteiger partial charge < -0.3 is 15.1 Å². The van der Waals surface area contributed by atoms with E-state index in [4.69, 9.17) is 0 Å². The normalized spacial score (nSPS) is 25.5. The van der Waals surface area contributed by atoms with Crippen molar-refractivity contribution in [3.05, 3.63) is 71.8 Å². The Bertz CT molecular complexity index is 972. The van der Waals surface area contributed by atoms with E-state index in [1.165, 1.54) is 30.4 Å². The zero-order valence-electron chi connectivity index (χ0n) is 22.1. The van der Waals surface area contributed by atoms with Gasteiger partial charge in [0.2, 0.25) is 0 Å². The highest BCUT2D eigenvalue weighted by Crippen LogP contribution is 2.38. The summed E-state index contributed by atoms with van der Waals surface area (Å²) in [5.41, 5.74) is 2.64. The summed E-state index contributed by atoms with van der Waals surface area (Å²) in [6, 6.07) is 20.8. The van der Waals surface area contributed by atoms with Crippen LogP contribution in [0.25, 0.3) is 0 Å². The molecule has 3 fully saturated rings. The standard InChI is InChI=1S/C32H44N2O3/c35-31(15-14-24-8-3-1-4-9-24)27-16-18-33(19-17-27)21-28-22-34(23-29(28)26-12-5-2-6-13-26)30(32(36)37)20-25-10-7-11-25/h1-6,8-9,12-13,25,27-31,35H,7,10-11,14-23H2,(H,36,37). The summed E-state index contributed by atoms with van der Waals surface area (Å²) in [6.45, 7) is 4.76. The van der Waals surface area contributed by atoms with Gasteiger partial charge in [-0.15, -0.1) is 0 Å². The van der Waals surface area contributed by atoms with Crippen LogP contribution in [0.3, 0.4) is 0 Å². The number of aliphatic hydroxyl groups excluding tert-OH is 1. The van der Waals surface area contributed by atoms with E-state index in [0.717, 1.165) is 64.8 Å². The number of hydrogen-bond donors (Lipinski definition) is 2. The van der Waals surface area contributed by atoms with Crippen LogP contribution in [0.15, 0.2) is 60.7 Å². The van der Waals surface area contributed by atoms with Crippen LogP contribution in [0.2, 0.25) is 0 Å². The van der Waals surface area contributed by atoms with Gasteiger partial charge in [0.05, 0.1) is 6.10 Å². The second-order valence-electron chi connectivity index (χ2n) is 11.8. The SMILES string of the molecule is O=C(O)C(CC1CCC1)N1CC(CN2CCC(C(O)CCc3ccccc3)CC2)C(c2ccccc2)C1. The van der Waals surface area contributed by atoms with Crippen molar-refractivity contribution >= 4 is 5.97 Å². The van der Waals surface area contributed by atoms with Gasteiger partial charge in [-0.1, -0.05) is 79.9 Å². The first-order chi connectivity index (χ1) is 18.1. The molecule has 2 aromatic rings. The second kappa shape index (κ2) is 12.6. The second-order valence-corrected chi connectivity index (χ2v) is 11.8. The molecular formula is C32H44N2O3. The van der Waals surface area contributed by atoms with E-state index in [-0.39, 0.29) is 12.1 Å². The molecule has 0 aromatic heterocycles. The molecule has 2 aliphatic heterocycles. The first-order valence-corrected chi connectivity index (χ1v) is 14.5. The smallest absolute Gasteiger partial charge is 0.320 e. The number of nitrogens with zero attached hydrogens (tertiary/aromatic N) is 2. The lowest BCUT2D eigenvalue weighted by atomic mass is 9.80. The Kier molecular flexibility index (Phi) is 8.96. The third-order valence-corrected chi connectivity index (χ3v) is 9.44. The number of aryl methyl sites for hydroxylation is 1. The van der Waals surface area contributed by atoms with Crippen LogP contribution in [0.1, 0.15) is 62.0 Å². The van der Waals surface area contributed by atoms with Crippen LogP contribution >= 0.6 is 0 Å². The van der Waals surface area contributed by atoms with Gasteiger partial charge in [-0.2, -0.15) is 0 Å². The van der Waals surface area contributed by atoms with E-state index >= 15 is 0 Å². The molecular weight excluding hydrogens is 460 g/mol. The number of aliphatic carboxylic acids is 1. The van der Waals surface area contributed by atoms with Crippen molar-refractivity contribution in [1.29, 1.82) is 0 Å². The first-order valence-electron chi connectivity index (χ1n) is 14.5. The molecule has 5 nitrogen and oxygen atoms in total. The Balaban J connectivity index is 1.17. The number of carboxylic acids is 1. The fourth-order valence-electron chi connectivity index (χ4n) is 6.92. The molecule has 200 valence electrons. The number of carboxylic acid groups (broad SMARTS) is 1. The third-order valence-electron chi connectivity index (χ3n) is 9.44. The quantitative estimate of drug-likeness (QED) is 0.448. The van der Waals surface area contributed by atoms with Gasteiger partial charge >= 0.3 is 5.97 Å². The van der Waals surface area contributed by atoms with Crippen LogP contribution in [0.4, 0.5) is 0 Å². The summed E-state index contributed by atoms with van der Waals surface area (Å²) in [7, 11) is 0. The Morgan fingerprint density at radius 1 is 0.919 bits per heavy atom. The Morgan fingerprint density at radius 2 is 1.59 bits per heavy atom. The molecule has 0 spiro atoms. The van der Waals surface area contributed by atoms with Gasteiger partial charge in [-0.25, -0.2) is 0 Å². The third kappa shape index (κ3) is 6.81. The van der Waals surface area contributed by atoms with Gasteiger partial charge in [0.1, 0.15) is 6.04 Å². The fraction of sp³-hybridized carbons (Fsp3) is 0.594. The molecule has 2 N–H and O–H groups in total. The van der Waals surface area contributed by atoms with Crippen molar-refractivity contribution in [3.63, 3.8) is 0 Å². The van der Waals surface area contributed by atoms with Crippen molar-refractivity contribution in [3.8, 4) is 0 Å². The molecule has 4 unspecified atom stereocenters. The van der Waals surface area contributed by atoms with Gasteiger partial charge in [0.25, 0.3) is 0 Å². The molecule has 1 aliphatic carbocycles. The average Bonchev–Trinajstić information content (AvgIpc) is 3.31.